The molecule has 0 radical (unpaired) electrons. The Morgan fingerprint density at radius 2 is 1.64 bits per heavy atom. The van der Waals surface area contributed by atoms with E-state index in [-0.39, 0.29) is 0 Å². The van der Waals surface area contributed by atoms with Gasteiger partial charge in [0.05, 0.1) is 12.1 Å². The van der Waals surface area contributed by atoms with E-state index in [0.29, 0.717) is 6.54 Å². The van der Waals surface area contributed by atoms with Crippen molar-refractivity contribution in [2.75, 3.05) is 6.61 Å². The summed E-state index contributed by atoms with van der Waals surface area (Å²) in [5.41, 5.74) is 3.29. The van der Waals surface area contributed by atoms with Crippen molar-refractivity contribution in [3.8, 4) is 11.1 Å². The van der Waals surface area contributed by atoms with E-state index in [2.05, 4.69) is 17.4 Å². The third-order valence-corrected chi connectivity index (χ3v) is 3.57. The van der Waals surface area contributed by atoms with Gasteiger partial charge >= 0.3 is 0 Å². The van der Waals surface area contributed by atoms with E-state index in [0.717, 1.165) is 16.7 Å². The predicted octanol–water partition coefficient (Wildman–Crippen LogP) is 1.75. The maximum atomic E-state index is 11.5. The van der Waals surface area contributed by atoms with E-state index in [1.807, 2.05) is 42.5 Å². The van der Waals surface area contributed by atoms with Crippen molar-refractivity contribution in [3.05, 3.63) is 60.2 Å². The average molecular weight is 299 g/mol. The molecule has 0 amide bonds. The molecule has 0 saturated heterocycles. The van der Waals surface area contributed by atoms with Crippen LogP contribution in [0, 0.1) is 0 Å². The van der Waals surface area contributed by atoms with Crippen molar-refractivity contribution < 1.29 is 15.0 Å². The second kappa shape index (κ2) is 7.84. The van der Waals surface area contributed by atoms with Gasteiger partial charge in [0.25, 0.3) is 0 Å². The molecular formula is C18H21NO3. The number of aliphatic hydroxyl groups is 2. The van der Waals surface area contributed by atoms with Gasteiger partial charge in [-0.25, -0.2) is 0 Å². The van der Waals surface area contributed by atoms with Gasteiger partial charge in [0.2, 0.25) is 0 Å². The van der Waals surface area contributed by atoms with Crippen molar-refractivity contribution in [1.82, 2.24) is 5.32 Å². The van der Waals surface area contributed by atoms with E-state index in [1.165, 1.54) is 6.92 Å². The Morgan fingerprint density at radius 1 is 1.05 bits per heavy atom. The summed E-state index contributed by atoms with van der Waals surface area (Å²) in [5.74, 6) is -0.407. The van der Waals surface area contributed by atoms with E-state index < -0.39 is 24.5 Å². The number of rotatable bonds is 7. The summed E-state index contributed by atoms with van der Waals surface area (Å²) in [4.78, 5) is 11.5. The molecule has 2 aromatic rings. The van der Waals surface area contributed by atoms with Gasteiger partial charge in [0.15, 0.2) is 5.78 Å². The Morgan fingerprint density at radius 3 is 2.18 bits per heavy atom. The lowest BCUT2D eigenvalue weighted by molar-refractivity contribution is -0.126. The van der Waals surface area contributed by atoms with Crippen LogP contribution in [0.2, 0.25) is 0 Å². The zero-order chi connectivity index (χ0) is 15.9. The standard InChI is InChI=1S/C18H21NO3/c1-13(21)18(17(22)12-20)19-11-14-7-9-16(10-8-14)15-5-3-2-4-6-15/h2-10,13,18-21H,11-12H2,1H3/t13-,18+/m0/s1. The molecular weight excluding hydrogens is 278 g/mol. The molecule has 0 aromatic heterocycles. The van der Waals surface area contributed by atoms with Gasteiger partial charge in [-0.2, -0.15) is 0 Å². The summed E-state index contributed by atoms with van der Waals surface area (Å²) in [7, 11) is 0. The number of carbonyl (C=O) groups is 1. The van der Waals surface area contributed by atoms with Gasteiger partial charge in [0.1, 0.15) is 6.61 Å². The minimum absolute atomic E-state index is 0.407. The lowest BCUT2D eigenvalue weighted by atomic mass is 10.0. The number of ketones is 1. The zero-order valence-electron chi connectivity index (χ0n) is 12.6. The lowest BCUT2D eigenvalue weighted by Crippen LogP contribution is -2.45. The summed E-state index contributed by atoms with van der Waals surface area (Å²) in [6.07, 6.45) is -0.844. The van der Waals surface area contributed by atoms with Gasteiger partial charge in [0, 0.05) is 6.54 Å². The van der Waals surface area contributed by atoms with E-state index >= 15 is 0 Å². The van der Waals surface area contributed by atoms with E-state index in [4.69, 9.17) is 5.11 Å². The highest BCUT2D eigenvalue weighted by Gasteiger charge is 2.21. The predicted molar refractivity (Wildman–Crippen MR) is 86.3 cm³/mol. The first-order chi connectivity index (χ1) is 10.6. The Balaban J connectivity index is 2.01. The first kappa shape index (κ1) is 16.4. The van der Waals surface area contributed by atoms with Gasteiger partial charge in [-0.05, 0) is 23.6 Å². The monoisotopic (exact) mass is 299 g/mol. The molecule has 4 heteroatoms. The minimum Gasteiger partial charge on any atom is -0.391 e. The molecule has 0 aliphatic heterocycles. The Hall–Kier alpha value is -2.01. The maximum Gasteiger partial charge on any atom is 0.177 e. The molecule has 116 valence electrons. The number of nitrogens with one attached hydrogen (secondary N) is 1. The molecule has 0 heterocycles. The summed E-state index contributed by atoms with van der Waals surface area (Å²) in [5, 5.41) is 21.5. The molecule has 0 spiro atoms. The molecule has 4 nitrogen and oxygen atoms in total. The van der Waals surface area contributed by atoms with E-state index in [9.17, 15) is 9.90 Å². The van der Waals surface area contributed by atoms with Gasteiger partial charge in [-0.15, -0.1) is 0 Å². The third kappa shape index (κ3) is 4.24. The quantitative estimate of drug-likeness (QED) is 0.728. The first-order valence-corrected chi connectivity index (χ1v) is 7.31. The van der Waals surface area contributed by atoms with Crippen LogP contribution in [0.1, 0.15) is 12.5 Å². The van der Waals surface area contributed by atoms with Crippen molar-refractivity contribution in [1.29, 1.82) is 0 Å². The van der Waals surface area contributed by atoms with Crippen molar-refractivity contribution >= 4 is 5.78 Å². The van der Waals surface area contributed by atoms with Crippen LogP contribution in [0.5, 0.6) is 0 Å². The fraction of sp³-hybridized carbons (Fsp3) is 0.278. The molecule has 0 aliphatic rings. The Kier molecular flexibility index (Phi) is 5.83. The summed E-state index contributed by atoms with van der Waals surface area (Å²) in [6.45, 7) is 1.41. The maximum absolute atomic E-state index is 11.5. The number of carbonyl (C=O) groups excluding carboxylic acids is 1. The first-order valence-electron chi connectivity index (χ1n) is 7.31. The van der Waals surface area contributed by atoms with Crippen LogP contribution in [0.3, 0.4) is 0 Å². The molecule has 22 heavy (non-hydrogen) atoms. The fourth-order valence-corrected chi connectivity index (χ4v) is 2.33. The van der Waals surface area contributed by atoms with Crippen molar-refractivity contribution in [2.24, 2.45) is 0 Å². The zero-order valence-corrected chi connectivity index (χ0v) is 12.6. The SMILES string of the molecule is C[C@H](O)[C@@H](NCc1ccc(-c2ccccc2)cc1)C(=O)CO. The van der Waals surface area contributed by atoms with Crippen LogP contribution < -0.4 is 5.32 Å². The largest absolute Gasteiger partial charge is 0.391 e. The normalized spacial score (nSPS) is 13.6. The highest BCUT2D eigenvalue weighted by Crippen LogP contribution is 2.19. The summed E-state index contributed by atoms with van der Waals surface area (Å²) >= 11 is 0. The second-order valence-corrected chi connectivity index (χ2v) is 5.29. The number of hydrogen-bond donors (Lipinski definition) is 3. The Labute approximate surface area is 130 Å². The van der Waals surface area contributed by atoms with Crippen LogP contribution in [0.4, 0.5) is 0 Å². The lowest BCUT2D eigenvalue weighted by Gasteiger charge is -2.19. The van der Waals surface area contributed by atoms with Crippen LogP contribution in [0.25, 0.3) is 11.1 Å². The average Bonchev–Trinajstić information content (AvgIpc) is 2.56. The highest BCUT2D eigenvalue weighted by atomic mass is 16.3. The molecule has 2 rings (SSSR count). The summed E-state index contributed by atoms with van der Waals surface area (Å²) in [6, 6.07) is 17.4. The van der Waals surface area contributed by atoms with Crippen LogP contribution in [-0.4, -0.2) is 34.7 Å². The molecule has 2 atom stereocenters. The molecule has 0 fully saturated rings. The van der Waals surface area contributed by atoms with Gasteiger partial charge in [-0.3, -0.25) is 4.79 Å². The fourth-order valence-electron chi connectivity index (χ4n) is 2.33. The number of hydrogen-bond acceptors (Lipinski definition) is 4. The van der Waals surface area contributed by atoms with Crippen molar-refractivity contribution in [2.45, 2.75) is 25.6 Å². The highest BCUT2D eigenvalue weighted by molar-refractivity contribution is 5.85. The number of benzene rings is 2. The van der Waals surface area contributed by atoms with Gasteiger partial charge in [-0.1, -0.05) is 54.6 Å². The molecule has 3 N–H and O–H groups in total. The molecule has 2 aromatic carbocycles. The van der Waals surface area contributed by atoms with Gasteiger partial charge < -0.3 is 15.5 Å². The molecule has 0 aliphatic carbocycles. The van der Waals surface area contributed by atoms with Crippen molar-refractivity contribution in [3.63, 3.8) is 0 Å². The second-order valence-electron chi connectivity index (χ2n) is 5.29. The topological polar surface area (TPSA) is 69.6 Å². The minimum atomic E-state index is -0.844. The van der Waals surface area contributed by atoms with Crippen LogP contribution in [-0.2, 0) is 11.3 Å². The molecule has 0 bridgehead atoms. The van der Waals surface area contributed by atoms with E-state index in [1.54, 1.807) is 0 Å². The molecule has 0 saturated carbocycles. The summed E-state index contributed by atoms with van der Waals surface area (Å²) < 4.78 is 0. The molecule has 0 unspecified atom stereocenters. The number of aliphatic hydroxyl groups excluding tert-OH is 2. The third-order valence-electron chi connectivity index (χ3n) is 3.57. The van der Waals surface area contributed by atoms with Crippen LogP contribution >= 0.6 is 0 Å². The van der Waals surface area contributed by atoms with Crippen LogP contribution in [0.15, 0.2) is 54.6 Å². The smallest absolute Gasteiger partial charge is 0.177 e. The number of Topliss-reactive ketones (excluding diaryl/α,β-unsaturated/α-hetero) is 1. The Bertz CT molecular complexity index is 593.